The second-order valence-electron chi connectivity index (χ2n) is 13.7. The van der Waals surface area contributed by atoms with Crippen LogP contribution in [0.15, 0.2) is 121 Å². The topological polar surface area (TPSA) is 72.0 Å². The third-order valence-corrected chi connectivity index (χ3v) is 11.2. The highest BCUT2D eigenvalue weighted by Crippen LogP contribution is 2.54. The molecule has 2 heterocycles. The van der Waals surface area contributed by atoms with Gasteiger partial charge in [-0.05, 0) is 116 Å². The smallest absolute Gasteiger partial charge is 0.116 e. The van der Waals surface area contributed by atoms with Gasteiger partial charge < -0.3 is 20.2 Å². The van der Waals surface area contributed by atoms with E-state index in [9.17, 15) is 10.2 Å². The third kappa shape index (κ3) is 3.49. The molecule has 2 atom stereocenters. The first kappa shape index (κ1) is 26.1. The minimum Gasteiger partial charge on any atom is -0.508 e. The lowest BCUT2D eigenvalue weighted by atomic mass is 9.72. The van der Waals surface area contributed by atoms with Crippen LogP contribution in [0.1, 0.15) is 67.7 Å². The van der Waals surface area contributed by atoms with Crippen LogP contribution in [-0.2, 0) is 12.8 Å². The van der Waals surface area contributed by atoms with Gasteiger partial charge in [0.05, 0.1) is 11.8 Å². The first-order valence-corrected chi connectivity index (χ1v) is 16.7. The van der Waals surface area contributed by atoms with Gasteiger partial charge in [0.15, 0.2) is 0 Å². The van der Waals surface area contributed by atoms with Crippen molar-refractivity contribution in [1.82, 2.24) is 9.97 Å². The van der Waals surface area contributed by atoms with Crippen LogP contribution in [0.5, 0.6) is 11.5 Å². The normalized spacial score (nSPS) is 16.8. The molecule has 2 aromatic heterocycles. The van der Waals surface area contributed by atoms with Gasteiger partial charge in [-0.2, -0.15) is 0 Å². The molecule has 8 aromatic rings. The zero-order chi connectivity index (χ0) is 31.7. The Hall–Kier alpha value is -6.00. The molecule has 48 heavy (non-hydrogen) atoms. The number of aromatic nitrogens is 2. The number of aromatic hydroxyl groups is 2. The highest BCUT2D eigenvalue weighted by atomic mass is 16.3. The first-order chi connectivity index (χ1) is 23.6. The maximum Gasteiger partial charge on any atom is 0.116 e. The van der Waals surface area contributed by atoms with E-state index in [1.807, 2.05) is 24.3 Å². The molecule has 4 nitrogen and oxygen atoms in total. The summed E-state index contributed by atoms with van der Waals surface area (Å²) < 4.78 is 0. The number of benzene rings is 6. The Balaban J connectivity index is 1.19. The van der Waals surface area contributed by atoms with Crippen LogP contribution in [-0.4, -0.2) is 20.2 Å². The van der Waals surface area contributed by atoms with Crippen molar-refractivity contribution in [2.75, 3.05) is 0 Å². The van der Waals surface area contributed by atoms with E-state index in [-0.39, 0.29) is 23.3 Å². The summed E-state index contributed by atoms with van der Waals surface area (Å²) in [6.45, 7) is 0. The first-order valence-electron chi connectivity index (χ1n) is 16.7. The molecule has 0 saturated heterocycles. The minimum atomic E-state index is -0.107. The Morgan fingerprint density at radius 3 is 1.35 bits per heavy atom. The van der Waals surface area contributed by atoms with Gasteiger partial charge in [-0.25, -0.2) is 0 Å². The standard InChI is InChI=1S/C44H30N2O2/c47-29-11-15-37-35(21-29)41-39(25-9-13-33-27(19-25)17-23-5-1-3-7-31(23)33)43-42(36-22-30(48)12-16-38(36)45-43)40(44(41)46-37)26-10-14-34-28(20-26)18-24-6-2-4-8-32(24)34/h1-16,19-22,39-40,45-48H,17-18H2. The van der Waals surface area contributed by atoms with Crippen molar-refractivity contribution >= 4 is 21.8 Å². The zero-order valence-corrected chi connectivity index (χ0v) is 26.0. The van der Waals surface area contributed by atoms with Crippen LogP contribution in [0.2, 0.25) is 0 Å². The van der Waals surface area contributed by atoms with Gasteiger partial charge in [-0.3, -0.25) is 0 Å². The summed E-state index contributed by atoms with van der Waals surface area (Å²) in [6.07, 6.45) is 1.84. The van der Waals surface area contributed by atoms with Crippen LogP contribution < -0.4 is 0 Å². The van der Waals surface area contributed by atoms with Crippen LogP contribution in [0, 0.1) is 0 Å². The number of H-pyrrole nitrogens is 2. The van der Waals surface area contributed by atoms with E-state index in [1.165, 1.54) is 66.8 Å². The van der Waals surface area contributed by atoms with Crippen molar-refractivity contribution in [3.05, 3.63) is 177 Å². The SMILES string of the molecule is Oc1ccc2[nH]c3c(c2c1)C(c1ccc2c(c1)Cc1ccccc1-2)c1[nH]c2ccc(O)cc2c1C3c1ccc2c(c1)Cc1ccccc1-2. The van der Waals surface area contributed by atoms with Crippen molar-refractivity contribution in [2.24, 2.45) is 0 Å². The quantitative estimate of drug-likeness (QED) is 0.156. The molecular weight excluding hydrogens is 588 g/mol. The molecular formula is C44H30N2O2. The van der Waals surface area contributed by atoms with E-state index in [1.54, 1.807) is 12.1 Å². The molecule has 0 amide bonds. The lowest BCUT2D eigenvalue weighted by Gasteiger charge is -2.31. The predicted molar refractivity (Wildman–Crippen MR) is 191 cm³/mol. The van der Waals surface area contributed by atoms with Gasteiger partial charge in [0.25, 0.3) is 0 Å². The number of aromatic amines is 2. The summed E-state index contributed by atoms with van der Waals surface area (Å²) in [5.74, 6) is 0.298. The fourth-order valence-corrected chi connectivity index (χ4v) is 9.17. The summed E-state index contributed by atoms with van der Waals surface area (Å²) in [4.78, 5) is 7.73. The highest BCUT2D eigenvalue weighted by molar-refractivity contribution is 5.94. The Morgan fingerprint density at radius 2 is 0.875 bits per heavy atom. The Bertz CT molecular complexity index is 2490. The van der Waals surface area contributed by atoms with Crippen LogP contribution in [0.3, 0.4) is 0 Å². The number of fused-ring (bicyclic) bond motifs is 12. The second kappa shape index (κ2) is 9.30. The van der Waals surface area contributed by atoms with Crippen LogP contribution in [0.4, 0.5) is 0 Å². The third-order valence-electron chi connectivity index (χ3n) is 11.2. The van der Waals surface area contributed by atoms with Gasteiger partial charge >= 0.3 is 0 Å². The molecule has 228 valence electrons. The molecule has 0 saturated carbocycles. The molecule has 0 radical (unpaired) electrons. The highest BCUT2D eigenvalue weighted by Gasteiger charge is 2.40. The van der Waals surface area contributed by atoms with Gasteiger partial charge in [0.2, 0.25) is 0 Å². The summed E-state index contributed by atoms with van der Waals surface area (Å²) in [5, 5.41) is 23.7. The van der Waals surface area contributed by atoms with E-state index >= 15 is 0 Å². The maximum absolute atomic E-state index is 10.8. The fraction of sp³-hybridized carbons (Fsp3) is 0.0909. The fourth-order valence-electron chi connectivity index (χ4n) is 9.17. The summed E-state index contributed by atoms with van der Waals surface area (Å²) in [7, 11) is 0. The lowest BCUT2D eigenvalue weighted by Crippen LogP contribution is -2.19. The average Bonchev–Trinajstić information content (AvgIpc) is 3.86. The average molecular weight is 619 g/mol. The molecule has 3 aliphatic rings. The monoisotopic (exact) mass is 618 g/mol. The molecule has 0 bridgehead atoms. The van der Waals surface area contributed by atoms with E-state index in [2.05, 4.69) is 94.9 Å². The van der Waals surface area contributed by atoms with Gasteiger partial charge in [0.1, 0.15) is 11.5 Å². The molecule has 0 fully saturated rings. The van der Waals surface area contributed by atoms with Crippen molar-refractivity contribution in [1.29, 1.82) is 0 Å². The van der Waals surface area contributed by atoms with Crippen molar-refractivity contribution in [3.63, 3.8) is 0 Å². The number of nitrogens with one attached hydrogen (secondary N) is 2. The molecule has 11 rings (SSSR count). The molecule has 2 unspecified atom stereocenters. The predicted octanol–water partition coefficient (Wildman–Crippen LogP) is 9.88. The van der Waals surface area contributed by atoms with E-state index < -0.39 is 0 Å². The summed E-state index contributed by atoms with van der Waals surface area (Å²) in [5.41, 5.74) is 19.8. The van der Waals surface area contributed by atoms with Crippen molar-refractivity contribution in [2.45, 2.75) is 24.7 Å². The largest absolute Gasteiger partial charge is 0.508 e. The maximum atomic E-state index is 10.8. The van der Waals surface area contributed by atoms with Gasteiger partial charge in [-0.15, -0.1) is 0 Å². The molecule has 4 heteroatoms. The second-order valence-corrected chi connectivity index (χ2v) is 13.7. The molecule has 6 aromatic carbocycles. The molecule has 4 N–H and O–H groups in total. The van der Waals surface area contributed by atoms with Crippen molar-refractivity contribution in [3.8, 4) is 33.8 Å². The van der Waals surface area contributed by atoms with E-state index in [0.29, 0.717) is 0 Å². The van der Waals surface area contributed by atoms with Crippen molar-refractivity contribution < 1.29 is 10.2 Å². The summed E-state index contributed by atoms with van der Waals surface area (Å²) >= 11 is 0. The molecule has 0 aliphatic heterocycles. The summed E-state index contributed by atoms with van der Waals surface area (Å²) in [6, 6.07) is 42.7. The molecule has 0 spiro atoms. The number of rotatable bonds is 2. The van der Waals surface area contributed by atoms with Gasteiger partial charge in [0, 0.05) is 33.2 Å². The Kier molecular flexibility index (Phi) is 5.06. The Labute approximate surface area is 277 Å². The molecule has 3 aliphatic carbocycles. The van der Waals surface area contributed by atoms with Gasteiger partial charge in [-0.1, -0.05) is 84.9 Å². The number of hydrogen-bond acceptors (Lipinski definition) is 2. The van der Waals surface area contributed by atoms with E-state index in [4.69, 9.17) is 0 Å². The van der Waals surface area contributed by atoms with Crippen LogP contribution >= 0.6 is 0 Å². The lowest BCUT2D eigenvalue weighted by molar-refractivity contribution is 0.475. The zero-order valence-electron chi connectivity index (χ0n) is 26.0. The van der Waals surface area contributed by atoms with E-state index in [0.717, 1.165) is 46.0 Å². The number of phenolic OH excluding ortho intramolecular Hbond substituents is 2. The Morgan fingerprint density at radius 1 is 0.438 bits per heavy atom. The number of hydrogen-bond donors (Lipinski definition) is 4. The number of phenols is 2. The minimum absolute atomic E-state index is 0.107. The van der Waals surface area contributed by atoms with Crippen LogP contribution in [0.25, 0.3) is 44.1 Å².